The van der Waals surface area contributed by atoms with Gasteiger partial charge in [0, 0.05) is 23.1 Å². The quantitative estimate of drug-likeness (QED) is 0.0398. The van der Waals surface area contributed by atoms with Crippen molar-refractivity contribution in [3.8, 4) is 80.1 Å². The third-order valence-corrected chi connectivity index (χ3v) is 14.7. The van der Waals surface area contributed by atoms with E-state index in [-0.39, 0.29) is 0 Å². The minimum absolute atomic E-state index is 0.311. The number of phenols is 11. The fourth-order valence-electron chi connectivity index (χ4n) is 11.1. The van der Waals surface area contributed by atoms with E-state index >= 15 is 9.59 Å². The fraction of sp³-hybridized carbons (Fsp3) is 0.370. The van der Waals surface area contributed by atoms with Gasteiger partial charge in [-0.1, -0.05) is 0 Å². The van der Waals surface area contributed by atoms with Gasteiger partial charge in [-0.15, -0.1) is 0 Å². The number of cyclic esters (lactones) is 1. The topological polar surface area (TPSA) is 533 Å². The molecule has 1 spiro atoms. The van der Waals surface area contributed by atoms with E-state index in [9.17, 15) is 106 Å². The Morgan fingerprint density at radius 3 is 1.74 bits per heavy atom. The molecule has 6 aliphatic heterocycles. The number of benzene rings is 4. The molecule has 0 amide bonds. The number of esters is 5. The number of rotatable bonds is 2. The molecule has 18 N–H and O–H groups in total. The Labute approximate surface area is 429 Å². The first-order chi connectivity index (χ1) is 36.4. The van der Waals surface area contributed by atoms with Crippen molar-refractivity contribution in [2.24, 2.45) is 5.41 Å². The highest BCUT2D eigenvalue weighted by Gasteiger charge is 2.88. The van der Waals surface area contributed by atoms with Crippen molar-refractivity contribution in [1.29, 1.82) is 0 Å². The molecule has 11 rings (SSSR count). The van der Waals surface area contributed by atoms with Gasteiger partial charge in [0.15, 0.2) is 69.7 Å². The van der Waals surface area contributed by atoms with Crippen LogP contribution in [0.4, 0.5) is 0 Å². The van der Waals surface area contributed by atoms with Gasteiger partial charge in [-0.05, 0) is 30.3 Å². The van der Waals surface area contributed by atoms with Crippen LogP contribution in [-0.2, 0) is 42.7 Å². The number of aliphatic hydroxyl groups is 7. The zero-order valence-corrected chi connectivity index (χ0v) is 38.5. The molecule has 0 radical (unpaired) electrons. The number of fused-ring (bicyclic) bond motifs is 4. The molecule has 4 aromatic rings. The standard InChI is InChI=1S/C46H38O32/c47-13-1-9(2-14(48)23(13)53)35(59)77-39-32-31-29(19(72-39)7-70-36(60)10-3-15(49)24(54)27(57)20(10)21-11(37(61)73-31)4-16(50)25(55)28(21)58)75-41(63)42-8-43(64)34(18(52)6-71-43)76-40(42)44(65,66)46(68,69)45(67)33(42)22-12(38(62)74-32)5-17(51)26(56)30(22)78-45/h1-5,18-19,29,31-34,39-40,47-58,64-69H,6-8H2. The van der Waals surface area contributed by atoms with E-state index in [0.717, 1.165) is 0 Å². The lowest BCUT2D eigenvalue weighted by atomic mass is 9.52. The van der Waals surface area contributed by atoms with Crippen LogP contribution >= 0.6 is 0 Å². The number of hydrogen-bond donors (Lipinski definition) is 18. The molecular formula is C46H38O32. The normalized spacial score (nSPS) is 32.9. The Bertz CT molecular complexity index is 3350. The lowest BCUT2D eigenvalue weighted by Crippen LogP contribution is -2.86. The van der Waals surface area contributed by atoms with Gasteiger partial charge in [0.2, 0.25) is 29.6 Å². The van der Waals surface area contributed by atoms with Crippen molar-refractivity contribution < 1.29 is 159 Å². The van der Waals surface area contributed by atoms with Crippen molar-refractivity contribution in [2.45, 2.75) is 84.5 Å². The van der Waals surface area contributed by atoms with Crippen LogP contribution in [0.3, 0.4) is 0 Å². The van der Waals surface area contributed by atoms with E-state index in [1.54, 1.807) is 0 Å². The van der Waals surface area contributed by atoms with Gasteiger partial charge in [-0.25, -0.2) is 19.2 Å². The fourth-order valence-corrected chi connectivity index (χ4v) is 11.1. The van der Waals surface area contributed by atoms with E-state index in [1.807, 2.05) is 0 Å². The van der Waals surface area contributed by atoms with Crippen LogP contribution in [0.1, 0.15) is 59.3 Å². The summed E-state index contributed by atoms with van der Waals surface area (Å²) in [4.78, 5) is 74.3. The lowest BCUT2D eigenvalue weighted by molar-refractivity contribution is -0.508. The Morgan fingerprint density at radius 2 is 1.13 bits per heavy atom. The summed E-state index contributed by atoms with van der Waals surface area (Å²) in [5.74, 6) is -45.3. The Kier molecular flexibility index (Phi) is 10.9. The Morgan fingerprint density at radius 1 is 0.590 bits per heavy atom. The Balaban J connectivity index is 1.19. The minimum atomic E-state index is -4.63. The van der Waals surface area contributed by atoms with Crippen molar-refractivity contribution >= 4 is 29.8 Å². The number of phenolic OH excluding ortho intramolecular Hbond substituents is 11. The molecule has 3 saturated heterocycles. The third-order valence-electron chi connectivity index (χ3n) is 14.7. The zero-order chi connectivity index (χ0) is 56.6. The smallest absolute Gasteiger partial charge is 0.340 e. The number of aromatic hydroxyl groups is 11. The van der Waals surface area contributed by atoms with Crippen LogP contribution in [0.5, 0.6) is 69.0 Å². The number of aliphatic hydroxyl groups excluding tert-OH is 1. The van der Waals surface area contributed by atoms with Gasteiger partial charge < -0.3 is 135 Å². The van der Waals surface area contributed by atoms with Gasteiger partial charge in [0.25, 0.3) is 17.4 Å². The van der Waals surface area contributed by atoms with Crippen LogP contribution in [-0.4, -0.2) is 207 Å². The number of carbonyl (C=O) groups is 5. The molecule has 7 aliphatic rings. The predicted octanol–water partition coefficient (Wildman–Crippen LogP) is -3.69. The summed E-state index contributed by atoms with van der Waals surface area (Å²) in [5.41, 5.74) is -11.5. The Hall–Kier alpha value is -8.57. The predicted molar refractivity (Wildman–Crippen MR) is 231 cm³/mol. The van der Waals surface area contributed by atoms with Crippen molar-refractivity contribution in [1.82, 2.24) is 0 Å². The molecular weight excluding hydrogens is 1060 g/mol. The molecule has 12 unspecified atom stereocenters. The van der Waals surface area contributed by atoms with E-state index < -0.39 is 241 Å². The molecule has 1 saturated carbocycles. The van der Waals surface area contributed by atoms with Gasteiger partial charge in [0.05, 0.1) is 34.8 Å². The molecule has 6 heterocycles. The van der Waals surface area contributed by atoms with Crippen molar-refractivity contribution in [3.63, 3.8) is 0 Å². The maximum atomic E-state index is 15.9. The molecule has 1 aliphatic carbocycles. The highest BCUT2D eigenvalue weighted by Crippen LogP contribution is 2.71. The van der Waals surface area contributed by atoms with Crippen LogP contribution in [0, 0.1) is 5.41 Å². The summed E-state index contributed by atoms with van der Waals surface area (Å²) in [5, 5.41) is 201. The zero-order valence-electron chi connectivity index (χ0n) is 38.5. The monoisotopic (exact) mass is 1100 g/mol. The van der Waals surface area contributed by atoms with Gasteiger partial charge >= 0.3 is 29.8 Å². The summed E-state index contributed by atoms with van der Waals surface area (Å²) >= 11 is 0. The first kappa shape index (κ1) is 51.5. The molecule has 78 heavy (non-hydrogen) atoms. The second-order valence-corrected chi connectivity index (χ2v) is 19.1. The average Bonchev–Trinajstić information content (AvgIpc) is 3.63. The summed E-state index contributed by atoms with van der Waals surface area (Å²) < 4.78 is 51.2. The second-order valence-electron chi connectivity index (χ2n) is 19.1. The van der Waals surface area contributed by atoms with Crippen molar-refractivity contribution in [2.75, 3.05) is 13.2 Å². The largest absolute Gasteiger partial charge is 0.504 e. The second kappa shape index (κ2) is 16.5. The SMILES string of the molecule is O=C(OC1OC2COC(=O)c3cc(O)c(O)c(O)c3-c3c(cc(O)c(O)c3O)C(=O)OC3C2OC(=O)C24CC5(O)OCC(O)C5OC2C(O)(O)C(O)(O)C2(O)Oc5c(O)c(O)cc(c5C42)C(=O)OC13)c1cc(O)c(O)c(O)c1. The summed E-state index contributed by atoms with van der Waals surface area (Å²) in [6, 6.07) is 2.08. The number of ether oxygens (including phenoxy) is 9. The summed E-state index contributed by atoms with van der Waals surface area (Å²) in [7, 11) is 0. The first-order valence-corrected chi connectivity index (χ1v) is 22.5. The van der Waals surface area contributed by atoms with Gasteiger partial charge in [-0.3, -0.25) is 4.79 Å². The first-order valence-electron chi connectivity index (χ1n) is 22.5. The highest BCUT2D eigenvalue weighted by molar-refractivity contribution is 6.08. The molecule has 0 aromatic heterocycles. The molecule has 4 aromatic carbocycles. The van der Waals surface area contributed by atoms with E-state index in [0.29, 0.717) is 30.3 Å². The van der Waals surface area contributed by atoms with Crippen LogP contribution < -0.4 is 4.74 Å². The number of hydrogen-bond acceptors (Lipinski definition) is 32. The summed E-state index contributed by atoms with van der Waals surface area (Å²) in [6.07, 6.45) is -22.2. The average molecular weight is 1100 g/mol. The molecule has 4 bridgehead atoms. The maximum Gasteiger partial charge on any atom is 0.340 e. The third kappa shape index (κ3) is 6.66. The lowest BCUT2D eigenvalue weighted by Gasteiger charge is -2.63. The van der Waals surface area contributed by atoms with Gasteiger partial charge in [0.1, 0.15) is 36.4 Å². The summed E-state index contributed by atoms with van der Waals surface area (Å²) in [6.45, 7) is -2.34. The molecule has 12 atom stereocenters. The van der Waals surface area contributed by atoms with Crippen LogP contribution in [0.2, 0.25) is 0 Å². The molecule has 32 heteroatoms. The molecule has 4 fully saturated rings. The van der Waals surface area contributed by atoms with E-state index in [1.165, 1.54) is 0 Å². The van der Waals surface area contributed by atoms with Crippen LogP contribution in [0.15, 0.2) is 30.3 Å². The minimum Gasteiger partial charge on any atom is -0.504 e. The highest BCUT2D eigenvalue weighted by atomic mass is 16.8. The van der Waals surface area contributed by atoms with E-state index in [2.05, 4.69) is 0 Å². The molecule has 414 valence electrons. The van der Waals surface area contributed by atoms with E-state index in [4.69, 9.17) is 42.6 Å². The van der Waals surface area contributed by atoms with Crippen molar-refractivity contribution in [3.05, 3.63) is 58.1 Å². The van der Waals surface area contributed by atoms with Crippen LogP contribution in [0.25, 0.3) is 11.1 Å². The van der Waals surface area contributed by atoms with Gasteiger partial charge in [-0.2, -0.15) is 0 Å². The maximum absolute atomic E-state index is 15.9. The number of carbonyl (C=O) groups excluding carboxylic acids is 5. The molecule has 32 nitrogen and oxygen atoms in total.